The second-order valence-corrected chi connectivity index (χ2v) is 10.8. The third-order valence-corrected chi connectivity index (χ3v) is 6.54. The van der Waals surface area contributed by atoms with Gasteiger partial charge in [0, 0.05) is 31.3 Å². The first kappa shape index (κ1) is 30.1. The summed E-state index contributed by atoms with van der Waals surface area (Å²) in [4.78, 5) is 39.2. The van der Waals surface area contributed by atoms with Gasteiger partial charge < -0.3 is 14.8 Å². The topological polar surface area (TPSA) is 84.9 Å². The number of esters is 1. The summed E-state index contributed by atoms with van der Waals surface area (Å²) >= 11 is 0. The van der Waals surface area contributed by atoms with Gasteiger partial charge in [0.25, 0.3) is 0 Å². The van der Waals surface area contributed by atoms with Gasteiger partial charge in [-0.15, -0.1) is 0 Å². The number of halogens is 2. The van der Waals surface area contributed by atoms with Crippen molar-refractivity contribution in [1.29, 1.82) is 0 Å². The first-order chi connectivity index (χ1) is 18.5. The number of hydrogen-bond donors (Lipinski definition) is 1. The number of nitrogens with one attached hydrogen (secondary N) is 1. The maximum absolute atomic E-state index is 13.5. The minimum absolute atomic E-state index is 0.0585. The average molecular weight is 545 g/mol. The lowest BCUT2D eigenvalue weighted by Crippen LogP contribution is -2.44. The van der Waals surface area contributed by atoms with Gasteiger partial charge >= 0.3 is 12.1 Å². The molecule has 0 aliphatic carbocycles. The summed E-state index contributed by atoms with van der Waals surface area (Å²) in [6.07, 6.45) is 1.92. The van der Waals surface area contributed by atoms with E-state index in [2.05, 4.69) is 5.32 Å². The van der Waals surface area contributed by atoms with Gasteiger partial charge in [-0.25, -0.2) is 18.4 Å². The van der Waals surface area contributed by atoms with E-state index in [9.17, 15) is 23.2 Å². The van der Waals surface area contributed by atoms with E-state index in [-0.39, 0.29) is 49.5 Å². The Hall–Kier alpha value is -3.49. The Morgan fingerprint density at radius 2 is 1.54 bits per heavy atom. The Morgan fingerprint density at radius 3 is 2.05 bits per heavy atom. The monoisotopic (exact) mass is 544 g/mol. The van der Waals surface area contributed by atoms with Crippen LogP contribution >= 0.6 is 0 Å². The van der Waals surface area contributed by atoms with Gasteiger partial charge in [0.05, 0.1) is 6.61 Å². The molecule has 0 radical (unpaired) electrons. The highest BCUT2D eigenvalue weighted by Gasteiger charge is 2.42. The van der Waals surface area contributed by atoms with E-state index in [1.165, 1.54) is 29.2 Å². The molecule has 1 saturated heterocycles. The normalized spacial score (nSPS) is 17.3. The van der Waals surface area contributed by atoms with Gasteiger partial charge in [0.2, 0.25) is 5.91 Å². The molecule has 7 nitrogen and oxygen atoms in total. The minimum atomic E-state index is -0.822. The largest absolute Gasteiger partial charge is 0.464 e. The number of benzene rings is 2. The van der Waals surface area contributed by atoms with Gasteiger partial charge in [-0.1, -0.05) is 30.7 Å². The van der Waals surface area contributed by atoms with E-state index < -0.39 is 29.7 Å². The molecule has 0 unspecified atom stereocenters. The zero-order chi connectivity index (χ0) is 28.6. The number of likely N-dealkylation sites (tertiary alicyclic amines) is 1. The maximum atomic E-state index is 13.5. The lowest BCUT2D eigenvalue weighted by molar-refractivity contribution is -0.148. The maximum Gasteiger partial charge on any atom is 0.411 e. The predicted octanol–water partition coefficient (Wildman–Crippen LogP) is 5.71. The highest BCUT2D eigenvalue weighted by atomic mass is 19.1. The summed E-state index contributed by atoms with van der Waals surface area (Å²) in [6, 6.07) is 11.3. The molecule has 0 aromatic heterocycles. The zero-order valence-electron chi connectivity index (χ0n) is 23.0. The lowest BCUT2D eigenvalue weighted by Gasteiger charge is -2.27. The van der Waals surface area contributed by atoms with Gasteiger partial charge in [-0.2, -0.15) is 0 Å². The highest BCUT2D eigenvalue weighted by Crippen LogP contribution is 2.30. The first-order valence-corrected chi connectivity index (χ1v) is 13.4. The van der Waals surface area contributed by atoms with Crippen molar-refractivity contribution in [3.05, 3.63) is 71.3 Å². The van der Waals surface area contributed by atoms with Crippen LogP contribution in [0.3, 0.4) is 0 Å². The second kappa shape index (κ2) is 13.5. The van der Waals surface area contributed by atoms with Gasteiger partial charge in [0.15, 0.2) is 0 Å². The van der Waals surface area contributed by atoms with Crippen LogP contribution in [-0.2, 0) is 19.1 Å². The summed E-state index contributed by atoms with van der Waals surface area (Å²) in [5.41, 5.74) is 1.12. The molecule has 2 aromatic rings. The van der Waals surface area contributed by atoms with E-state index in [1.807, 2.05) is 0 Å². The van der Waals surface area contributed by atoms with Crippen LogP contribution in [0, 0.1) is 11.6 Å². The molecule has 1 N–H and O–H groups in total. The molecule has 9 heteroatoms. The Bertz CT molecular complexity index is 1070. The van der Waals surface area contributed by atoms with Crippen LogP contribution in [0.4, 0.5) is 13.6 Å². The fraction of sp³-hybridized carbons (Fsp3) is 0.500. The van der Waals surface area contributed by atoms with E-state index in [0.717, 1.165) is 11.1 Å². The smallest absolute Gasteiger partial charge is 0.411 e. The van der Waals surface area contributed by atoms with Gasteiger partial charge in [0.1, 0.15) is 23.3 Å². The summed E-state index contributed by atoms with van der Waals surface area (Å²) in [6.45, 7) is 7.27. The van der Waals surface area contributed by atoms with Crippen LogP contribution in [0.1, 0.15) is 76.8 Å². The van der Waals surface area contributed by atoms with Crippen LogP contribution in [0.2, 0.25) is 0 Å². The molecule has 2 amide bonds. The summed E-state index contributed by atoms with van der Waals surface area (Å²) in [5.74, 6) is -1.40. The van der Waals surface area contributed by atoms with Crippen LogP contribution in [0.25, 0.3) is 0 Å². The number of amides is 2. The molecular weight excluding hydrogens is 506 g/mol. The Morgan fingerprint density at radius 1 is 0.974 bits per heavy atom. The molecule has 212 valence electrons. The second-order valence-electron chi connectivity index (χ2n) is 10.8. The van der Waals surface area contributed by atoms with Crippen molar-refractivity contribution < 1.29 is 32.6 Å². The van der Waals surface area contributed by atoms with Crippen molar-refractivity contribution in [3.8, 4) is 0 Å². The molecule has 2 aromatic carbocycles. The van der Waals surface area contributed by atoms with Crippen LogP contribution in [0.15, 0.2) is 48.5 Å². The van der Waals surface area contributed by atoms with Crippen LogP contribution in [-0.4, -0.2) is 53.7 Å². The first-order valence-electron chi connectivity index (χ1n) is 13.4. The Kier molecular flexibility index (Phi) is 10.4. The SMILES string of the molecule is CCOC(=O)[C@@H]1C[C@H](NC(=O)CCCCC(c2ccc(F)cc2)c2ccc(F)cc2)CN1C(=O)OC(C)(C)C. The Balaban J connectivity index is 1.55. The minimum Gasteiger partial charge on any atom is -0.464 e. The van der Waals surface area contributed by atoms with Crippen molar-refractivity contribution in [1.82, 2.24) is 10.2 Å². The third kappa shape index (κ3) is 9.04. The van der Waals surface area contributed by atoms with Gasteiger partial charge in [-0.3, -0.25) is 9.69 Å². The summed E-state index contributed by atoms with van der Waals surface area (Å²) in [5, 5.41) is 2.94. The molecule has 1 heterocycles. The molecule has 1 aliphatic heterocycles. The molecule has 1 fully saturated rings. The fourth-order valence-electron chi connectivity index (χ4n) is 4.77. The highest BCUT2D eigenvalue weighted by molar-refractivity contribution is 5.83. The van der Waals surface area contributed by atoms with Crippen molar-refractivity contribution in [2.75, 3.05) is 13.2 Å². The number of rotatable bonds is 10. The number of ether oxygens (including phenoxy) is 2. The molecule has 0 spiro atoms. The number of carbonyl (C=O) groups excluding carboxylic acids is 3. The summed E-state index contributed by atoms with van der Waals surface area (Å²) in [7, 11) is 0. The predicted molar refractivity (Wildman–Crippen MR) is 143 cm³/mol. The van der Waals surface area contributed by atoms with Crippen LogP contribution in [0.5, 0.6) is 0 Å². The fourth-order valence-corrected chi connectivity index (χ4v) is 4.77. The standard InChI is InChI=1S/C30H38F2N2O5/c1-5-38-28(36)26-18-24(19-34(26)29(37)39-30(2,3)4)33-27(35)9-7-6-8-25(20-10-14-22(31)15-11-20)21-12-16-23(32)17-13-21/h10-17,24-26H,5-9,18-19H2,1-4H3,(H,33,35)/t24-,26-/m0/s1. The number of carbonyl (C=O) groups is 3. The van der Waals surface area contributed by atoms with Gasteiger partial charge in [-0.05, 0) is 75.9 Å². The molecule has 0 bridgehead atoms. The van der Waals surface area contributed by atoms with Crippen molar-refractivity contribution in [2.24, 2.45) is 0 Å². The number of nitrogens with zero attached hydrogens (tertiary/aromatic N) is 1. The molecule has 0 saturated carbocycles. The quantitative estimate of drug-likeness (QED) is 0.306. The molecule has 2 atom stereocenters. The van der Waals surface area contributed by atoms with Crippen molar-refractivity contribution >= 4 is 18.0 Å². The van der Waals surface area contributed by atoms with Crippen molar-refractivity contribution in [3.63, 3.8) is 0 Å². The molecule has 1 aliphatic rings. The average Bonchev–Trinajstić information content (AvgIpc) is 3.29. The molecular formula is C30H38F2N2O5. The number of hydrogen-bond acceptors (Lipinski definition) is 5. The van der Waals surface area contributed by atoms with E-state index in [4.69, 9.17) is 9.47 Å². The zero-order valence-corrected chi connectivity index (χ0v) is 23.0. The van der Waals surface area contributed by atoms with E-state index in [0.29, 0.717) is 19.3 Å². The van der Waals surface area contributed by atoms with Crippen LogP contribution < -0.4 is 5.32 Å². The van der Waals surface area contributed by atoms with Crippen molar-refractivity contribution in [2.45, 2.75) is 83.4 Å². The van der Waals surface area contributed by atoms with E-state index in [1.54, 1.807) is 52.0 Å². The molecule has 39 heavy (non-hydrogen) atoms. The Labute approximate surface area is 228 Å². The lowest BCUT2D eigenvalue weighted by atomic mass is 9.87. The number of unbranched alkanes of at least 4 members (excludes halogenated alkanes) is 1. The summed E-state index contributed by atoms with van der Waals surface area (Å²) < 4.78 is 37.5. The van der Waals surface area contributed by atoms with E-state index >= 15 is 0 Å². The third-order valence-electron chi connectivity index (χ3n) is 6.54. The molecule has 3 rings (SSSR count).